The molecule has 1 aliphatic rings. The molecule has 2 amide bonds. The van der Waals surface area contributed by atoms with E-state index in [0.717, 1.165) is 0 Å². The van der Waals surface area contributed by atoms with Crippen LogP contribution in [0.25, 0.3) is 0 Å². The smallest absolute Gasteiger partial charge is 0.408 e. The topological polar surface area (TPSA) is 67.4 Å². The van der Waals surface area contributed by atoms with E-state index in [2.05, 4.69) is 10.6 Å². The maximum atomic E-state index is 11.6. The molecule has 0 atom stereocenters. The molecule has 0 aromatic rings. The van der Waals surface area contributed by atoms with Crippen LogP contribution in [0, 0.1) is 0 Å². The van der Waals surface area contributed by atoms with Crippen molar-refractivity contribution in [1.82, 2.24) is 10.6 Å². The van der Waals surface area contributed by atoms with Crippen LogP contribution in [-0.4, -0.2) is 29.7 Å². The zero-order chi connectivity index (χ0) is 12.4. The molecule has 5 nitrogen and oxygen atoms in total. The Morgan fingerprint density at radius 1 is 1.31 bits per heavy atom. The molecular formula is C11H20N2O3. The molecule has 0 spiro atoms. The van der Waals surface area contributed by atoms with Gasteiger partial charge in [0.15, 0.2) is 0 Å². The van der Waals surface area contributed by atoms with Crippen LogP contribution in [0.15, 0.2) is 0 Å². The standard InChI is InChI=1S/C11H20N2O3/c1-5-12-8(14)11(6-7-11)13-9(15)16-10(2,3)4/h5-7H2,1-4H3,(H,12,14)(H,13,15). The average Bonchev–Trinajstić information content (AvgIpc) is 2.82. The van der Waals surface area contributed by atoms with Crippen LogP contribution in [0.3, 0.4) is 0 Å². The second kappa shape index (κ2) is 4.31. The molecule has 0 radical (unpaired) electrons. The van der Waals surface area contributed by atoms with E-state index in [4.69, 9.17) is 4.74 Å². The summed E-state index contributed by atoms with van der Waals surface area (Å²) in [5, 5.41) is 5.34. The molecule has 0 bridgehead atoms. The molecule has 0 aromatic carbocycles. The van der Waals surface area contributed by atoms with Gasteiger partial charge >= 0.3 is 6.09 Å². The molecule has 16 heavy (non-hydrogen) atoms. The van der Waals surface area contributed by atoms with Gasteiger partial charge in [0.05, 0.1) is 0 Å². The van der Waals surface area contributed by atoms with Crippen LogP contribution in [0.1, 0.15) is 40.5 Å². The van der Waals surface area contributed by atoms with Crippen molar-refractivity contribution in [2.75, 3.05) is 6.54 Å². The third kappa shape index (κ3) is 3.40. The Morgan fingerprint density at radius 3 is 2.25 bits per heavy atom. The summed E-state index contributed by atoms with van der Waals surface area (Å²) in [6.45, 7) is 7.78. The summed E-state index contributed by atoms with van der Waals surface area (Å²) in [4.78, 5) is 23.2. The van der Waals surface area contributed by atoms with Gasteiger partial charge in [-0.25, -0.2) is 4.79 Å². The molecule has 1 saturated carbocycles. The summed E-state index contributed by atoms with van der Waals surface area (Å²) in [6, 6.07) is 0. The van der Waals surface area contributed by atoms with Gasteiger partial charge in [0.2, 0.25) is 5.91 Å². The second-order valence-corrected chi connectivity index (χ2v) is 5.07. The highest BCUT2D eigenvalue weighted by molar-refractivity contribution is 5.92. The second-order valence-electron chi connectivity index (χ2n) is 5.07. The number of ether oxygens (including phenoxy) is 1. The first-order valence-electron chi connectivity index (χ1n) is 5.58. The number of carbonyl (C=O) groups excluding carboxylic acids is 2. The molecule has 2 N–H and O–H groups in total. The summed E-state index contributed by atoms with van der Waals surface area (Å²) < 4.78 is 5.11. The van der Waals surface area contributed by atoms with Gasteiger partial charge in [0.25, 0.3) is 0 Å². The van der Waals surface area contributed by atoms with Crippen molar-refractivity contribution in [3.05, 3.63) is 0 Å². The number of likely N-dealkylation sites (N-methyl/N-ethyl adjacent to an activating group) is 1. The van der Waals surface area contributed by atoms with Gasteiger partial charge in [0.1, 0.15) is 11.1 Å². The van der Waals surface area contributed by atoms with Gasteiger partial charge in [0, 0.05) is 6.54 Å². The molecule has 0 aromatic heterocycles. The van der Waals surface area contributed by atoms with Gasteiger partial charge < -0.3 is 15.4 Å². The van der Waals surface area contributed by atoms with Crippen LogP contribution >= 0.6 is 0 Å². The molecule has 0 unspecified atom stereocenters. The summed E-state index contributed by atoms with van der Waals surface area (Å²) in [7, 11) is 0. The van der Waals surface area contributed by atoms with Gasteiger partial charge in [-0.15, -0.1) is 0 Å². The van der Waals surface area contributed by atoms with Crippen LogP contribution < -0.4 is 10.6 Å². The van der Waals surface area contributed by atoms with E-state index in [-0.39, 0.29) is 5.91 Å². The van der Waals surface area contributed by atoms with Gasteiger partial charge in [-0.2, -0.15) is 0 Å². The lowest BCUT2D eigenvalue weighted by Gasteiger charge is -2.22. The van der Waals surface area contributed by atoms with Crippen molar-refractivity contribution < 1.29 is 14.3 Å². The summed E-state index contributed by atoms with van der Waals surface area (Å²) >= 11 is 0. The number of hydrogen-bond donors (Lipinski definition) is 2. The molecule has 0 aliphatic heterocycles. The monoisotopic (exact) mass is 228 g/mol. The normalized spacial score (nSPS) is 17.5. The molecule has 1 aliphatic carbocycles. The number of hydrogen-bond acceptors (Lipinski definition) is 3. The minimum Gasteiger partial charge on any atom is -0.444 e. The van der Waals surface area contributed by atoms with Crippen molar-refractivity contribution >= 4 is 12.0 Å². The Kier molecular flexibility index (Phi) is 3.45. The predicted molar refractivity (Wildman–Crippen MR) is 60.0 cm³/mol. The molecular weight excluding hydrogens is 208 g/mol. The predicted octanol–water partition coefficient (Wildman–Crippen LogP) is 1.18. The van der Waals surface area contributed by atoms with Crippen molar-refractivity contribution in [3.8, 4) is 0 Å². The van der Waals surface area contributed by atoms with Crippen LogP contribution in [0.5, 0.6) is 0 Å². The summed E-state index contributed by atoms with van der Waals surface area (Å²) in [5.74, 6) is -0.124. The number of nitrogens with one attached hydrogen (secondary N) is 2. The highest BCUT2D eigenvalue weighted by Crippen LogP contribution is 2.35. The van der Waals surface area contributed by atoms with E-state index in [1.807, 2.05) is 6.92 Å². The highest BCUT2D eigenvalue weighted by Gasteiger charge is 2.51. The first-order valence-corrected chi connectivity index (χ1v) is 5.58. The van der Waals surface area contributed by atoms with E-state index in [9.17, 15) is 9.59 Å². The maximum absolute atomic E-state index is 11.6. The zero-order valence-electron chi connectivity index (χ0n) is 10.3. The third-order valence-electron chi connectivity index (χ3n) is 2.26. The molecule has 1 rings (SSSR count). The van der Waals surface area contributed by atoms with Crippen LogP contribution in [-0.2, 0) is 9.53 Å². The fraction of sp³-hybridized carbons (Fsp3) is 0.818. The lowest BCUT2D eigenvalue weighted by molar-refractivity contribution is -0.124. The minimum absolute atomic E-state index is 0.124. The fourth-order valence-corrected chi connectivity index (χ4v) is 1.36. The number of alkyl carbamates (subject to hydrolysis) is 1. The first-order chi connectivity index (χ1) is 7.29. The Morgan fingerprint density at radius 2 is 1.88 bits per heavy atom. The largest absolute Gasteiger partial charge is 0.444 e. The lowest BCUT2D eigenvalue weighted by Crippen LogP contribution is -2.50. The molecule has 0 saturated heterocycles. The number of carbonyl (C=O) groups is 2. The number of rotatable bonds is 3. The maximum Gasteiger partial charge on any atom is 0.408 e. The van der Waals surface area contributed by atoms with Gasteiger partial charge in [-0.1, -0.05) is 0 Å². The average molecular weight is 228 g/mol. The van der Waals surface area contributed by atoms with Crippen LogP contribution in [0.2, 0.25) is 0 Å². The zero-order valence-corrected chi connectivity index (χ0v) is 10.3. The Hall–Kier alpha value is -1.26. The quantitative estimate of drug-likeness (QED) is 0.762. The summed E-state index contributed by atoms with van der Waals surface area (Å²) in [6.07, 6.45) is 0.826. The highest BCUT2D eigenvalue weighted by atomic mass is 16.6. The Bertz CT molecular complexity index is 290. The van der Waals surface area contributed by atoms with E-state index in [0.29, 0.717) is 19.4 Å². The first kappa shape index (κ1) is 12.8. The molecule has 0 heterocycles. The van der Waals surface area contributed by atoms with E-state index < -0.39 is 17.2 Å². The summed E-state index contributed by atoms with van der Waals surface area (Å²) in [5.41, 5.74) is -1.26. The van der Waals surface area contributed by atoms with E-state index in [1.54, 1.807) is 20.8 Å². The van der Waals surface area contributed by atoms with E-state index in [1.165, 1.54) is 0 Å². The Balaban J connectivity index is 2.48. The molecule has 1 fully saturated rings. The molecule has 92 valence electrons. The van der Waals surface area contributed by atoms with E-state index >= 15 is 0 Å². The van der Waals surface area contributed by atoms with Gasteiger partial charge in [-0.3, -0.25) is 4.79 Å². The Labute approximate surface area is 95.9 Å². The number of amides is 2. The molecule has 5 heteroatoms. The van der Waals surface area contributed by atoms with Crippen LogP contribution in [0.4, 0.5) is 4.79 Å². The van der Waals surface area contributed by atoms with Crippen molar-refractivity contribution in [2.45, 2.75) is 51.7 Å². The van der Waals surface area contributed by atoms with Gasteiger partial charge in [-0.05, 0) is 40.5 Å². The SMILES string of the molecule is CCNC(=O)C1(NC(=O)OC(C)(C)C)CC1. The van der Waals surface area contributed by atoms with Crippen molar-refractivity contribution in [3.63, 3.8) is 0 Å². The fourth-order valence-electron chi connectivity index (χ4n) is 1.36. The van der Waals surface area contributed by atoms with Crippen molar-refractivity contribution in [1.29, 1.82) is 0 Å². The third-order valence-corrected chi connectivity index (χ3v) is 2.26. The lowest BCUT2D eigenvalue weighted by atomic mass is 10.2. The van der Waals surface area contributed by atoms with Crippen molar-refractivity contribution in [2.24, 2.45) is 0 Å². The minimum atomic E-state index is -0.724.